The van der Waals surface area contributed by atoms with Crippen LogP contribution in [0.3, 0.4) is 0 Å². The molecule has 17 heavy (non-hydrogen) atoms. The van der Waals surface area contributed by atoms with Gasteiger partial charge in [0.25, 0.3) is 0 Å². The third-order valence-corrected chi connectivity index (χ3v) is 3.91. The van der Waals surface area contributed by atoms with Crippen LogP contribution in [0.2, 0.25) is 0 Å². The minimum atomic E-state index is -0.262. The molecule has 1 aliphatic heterocycles. The van der Waals surface area contributed by atoms with Crippen LogP contribution in [0.1, 0.15) is 43.4 Å². The second-order valence-corrected chi connectivity index (χ2v) is 5.19. The van der Waals surface area contributed by atoms with Gasteiger partial charge in [-0.25, -0.2) is 4.98 Å². The van der Waals surface area contributed by atoms with Crippen molar-refractivity contribution in [3.8, 4) is 0 Å². The Morgan fingerprint density at radius 2 is 2.59 bits per heavy atom. The lowest BCUT2D eigenvalue weighted by atomic mass is 10.2. The van der Waals surface area contributed by atoms with Crippen LogP contribution in [0, 0.1) is 0 Å². The molecular formula is C12H18N2O2S. The molecule has 0 aromatic carbocycles. The molecule has 1 saturated heterocycles. The van der Waals surface area contributed by atoms with Gasteiger partial charge in [0, 0.05) is 12.0 Å². The number of nitrogens with zero attached hydrogens (tertiary/aromatic N) is 1. The predicted octanol–water partition coefficient (Wildman–Crippen LogP) is 2.06. The van der Waals surface area contributed by atoms with E-state index in [2.05, 4.69) is 17.2 Å². The van der Waals surface area contributed by atoms with E-state index in [9.17, 15) is 4.79 Å². The average Bonchev–Trinajstić information content (AvgIpc) is 3.00. The molecule has 94 valence electrons. The SMILES string of the molecule is CCc1nc([C@H](C)NC(=O)[C@@H]2CCCO2)cs1. The van der Waals surface area contributed by atoms with Gasteiger partial charge in [0.2, 0.25) is 5.91 Å². The first-order valence-electron chi connectivity index (χ1n) is 6.07. The van der Waals surface area contributed by atoms with Gasteiger partial charge in [0.15, 0.2) is 0 Å². The van der Waals surface area contributed by atoms with Crippen LogP contribution in [-0.4, -0.2) is 23.6 Å². The van der Waals surface area contributed by atoms with Crippen LogP contribution in [0.25, 0.3) is 0 Å². The predicted molar refractivity (Wildman–Crippen MR) is 67.0 cm³/mol. The highest BCUT2D eigenvalue weighted by atomic mass is 32.1. The number of thiazole rings is 1. The minimum Gasteiger partial charge on any atom is -0.368 e. The summed E-state index contributed by atoms with van der Waals surface area (Å²) in [7, 11) is 0. The van der Waals surface area contributed by atoms with Gasteiger partial charge in [-0.05, 0) is 26.2 Å². The lowest BCUT2D eigenvalue weighted by Gasteiger charge is -2.15. The van der Waals surface area contributed by atoms with Gasteiger partial charge >= 0.3 is 0 Å². The van der Waals surface area contributed by atoms with E-state index in [1.165, 1.54) is 0 Å². The molecule has 0 radical (unpaired) electrons. The van der Waals surface area contributed by atoms with Gasteiger partial charge in [0.05, 0.1) is 16.7 Å². The van der Waals surface area contributed by atoms with Crippen molar-refractivity contribution in [1.82, 2.24) is 10.3 Å². The van der Waals surface area contributed by atoms with Gasteiger partial charge in [-0.1, -0.05) is 6.92 Å². The average molecular weight is 254 g/mol. The van der Waals surface area contributed by atoms with Gasteiger partial charge in [-0.2, -0.15) is 0 Å². The van der Waals surface area contributed by atoms with E-state index in [4.69, 9.17) is 4.74 Å². The summed E-state index contributed by atoms with van der Waals surface area (Å²) in [5, 5.41) is 6.08. The summed E-state index contributed by atoms with van der Waals surface area (Å²) < 4.78 is 5.35. The van der Waals surface area contributed by atoms with Gasteiger partial charge in [-0.15, -0.1) is 11.3 Å². The van der Waals surface area contributed by atoms with Crippen molar-refractivity contribution in [2.75, 3.05) is 6.61 Å². The van der Waals surface area contributed by atoms with Crippen molar-refractivity contribution in [2.24, 2.45) is 0 Å². The summed E-state index contributed by atoms with van der Waals surface area (Å²) in [6.45, 7) is 4.74. The molecular weight excluding hydrogens is 236 g/mol. The molecule has 1 amide bonds. The van der Waals surface area contributed by atoms with Crippen molar-refractivity contribution >= 4 is 17.2 Å². The van der Waals surface area contributed by atoms with Crippen molar-refractivity contribution in [1.29, 1.82) is 0 Å². The Kier molecular flexibility index (Phi) is 4.12. The Balaban J connectivity index is 1.91. The lowest BCUT2D eigenvalue weighted by molar-refractivity contribution is -0.130. The van der Waals surface area contributed by atoms with Crippen LogP contribution in [-0.2, 0) is 16.0 Å². The molecule has 4 nitrogen and oxygen atoms in total. The second-order valence-electron chi connectivity index (χ2n) is 4.25. The third kappa shape index (κ3) is 3.04. The number of carbonyl (C=O) groups is 1. The largest absolute Gasteiger partial charge is 0.368 e. The summed E-state index contributed by atoms with van der Waals surface area (Å²) in [5.41, 5.74) is 0.943. The molecule has 5 heteroatoms. The van der Waals surface area contributed by atoms with Gasteiger partial charge in [0.1, 0.15) is 6.10 Å². The molecule has 2 atom stereocenters. The van der Waals surface area contributed by atoms with Crippen molar-refractivity contribution in [2.45, 2.75) is 45.3 Å². The van der Waals surface area contributed by atoms with E-state index >= 15 is 0 Å². The summed E-state index contributed by atoms with van der Waals surface area (Å²) >= 11 is 1.64. The highest BCUT2D eigenvalue weighted by Crippen LogP contribution is 2.18. The summed E-state index contributed by atoms with van der Waals surface area (Å²) in [4.78, 5) is 16.3. The highest BCUT2D eigenvalue weighted by molar-refractivity contribution is 7.09. The molecule has 0 saturated carbocycles. The number of amides is 1. The van der Waals surface area contributed by atoms with E-state index in [1.54, 1.807) is 11.3 Å². The van der Waals surface area contributed by atoms with E-state index in [0.717, 1.165) is 30.0 Å². The maximum Gasteiger partial charge on any atom is 0.249 e. The molecule has 0 aliphatic carbocycles. The highest BCUT2D eigenvalue weighted by Gasteiger charge is 2.25. The van der Waals surface area contributed by atoms with Crippen LogP contribution in [0.4, 0.5) is 0 Å². The second kappa shape index (κ2) is 5.60. The normalized spacial score (nSPS) is 21.4. The standard InChI is InChI=1S/C12H18N2O2S/c1-3-11-14-9(7-17-11)8(2)13-12(15)10-5-4-6-16-10/h7-8,10H,3-6H2,1-2H3,(H,13,15)/t8-,10-/m0/s1. The van der Waals surface area contributed by atoms with Gasteiger partial charge in [-0.3, -0.25) is 4.79 Å². The number of aryl methyl sites for hydroxylation is 1. The lowest BCUT2D eigenvalue weighted by Crippen LogP contribution is -2.35. The third-order valence-electron chi connectivity index (χ3n) is 2.90. The Bertz CT molecular complexity index is 386. The number of carbonyl (C=O) groups excluding carboxylic acids is 1. The fraction of sp³-hybridized carbons (Fsp3) is 0.667. The van der Waals surface area contributed by atoms with Crippen molar-refractivity contribution in [3.63, 3.8) is 0 Å². The Hall–Kier alpha value is -0.940. The van der Waals surface area contributed by atoms with Crippen LogP contribution in [0.15, 0.2) is 5.38 Å². The first kappa shape index (κ1) is 12.5. The maximum absolute atomic E-state index is 11.8. The molecule has 1 N–H and O–H groups in total. The number of hydrogen-bond donors (Lipinski definition) is 1. The maximum atomic E-state index is 11.8. The van der Waals surface area contributed by atoms with Crippen molar-refractivity contribution in [3.05, 3.63) is 16.1 Å². The zero-order chi connectivity index (χ0) is 12.3. The monoisotopic (exact) mass is 254 g/mol. The molecule has 2 heterocycles. The molecule has 0 spiro atoms. The minimum absolute atomic E-state index is 0.0129. The quantitative estimate of drug-likeness (QED) is 0.894. The Morgan fingerprint density at radius 1 is 1.76 bits per heavy atom. The van der Waals surface area contributed by atoms with E-state index in [0.29, 0.717) is 6.61 Å². The molecule has 1 aromatic rings. The number of ether oxygens (including phenoxy) is 1. The fourth-order valence-electron chi connectivity index (χ4n) is 1.85. The Morgan fingerprint density at radius 3 is 3.18 bits per heavy atom. The topological polar surface area (TPSA) is 51.2 Å². The van der Waals surface area contributed by atoms with Crippen LogP contribution < -0.4 is 5.32 Å². The first-order valence-corrected chi connectivity index (χ1v) is 6.95. The van der Waals surface area contributed by atoms with Crippen LogP contribution >= 0.6 is 11.3 Å². The number of nitrogens with one attached hydrogen (secondary N) is 1. The van der Waals surface area contributed by atoms with E-state index in [1.807, 2.05) is 12.3 Å². The first-order chi connectivity index (χ1) is 8.20. The van der Waals surface area contributed by atoms with Gasteiger partial charge < -0.3 is 10.1 Å². The number of aromatic nitrogens is 1. The smallest absolute Gasteiger partial charge is 0.249 e. The molecule has 1 aromatic heterocycles. The summed E-state index contributed by atoms with van der Waals surface area (Å²) in [6.07, 6.45) is 2.48. The number of rotatable bonds is 4. The molecule has 0 unspecified atom stereocenters. The van der Waals surface area contributed by atoms with Crippen LogP contribution in [0.5, 0.6) is 0 Å². The van der Waals surface area contributed by atoms with E-state index in [-0.39, 0.29) is 18.1 Å². The molecule has 2 rings (SSSR count). The summed E-state index contributed by atoms with van der Waals surface area (Å²) in [5.74, 6) is -0.0129. The zero-order valence-corrected chi connectivity index (χ0v) is 11.0. The van der Waals surface area contributed by atoms with E-state index < -0.39 is 0 Å². The molecule has 1 aliphatic rings. The Labute approximate surface area is 105 Å². The summed E-state index contributed by atoms with van der Waals surface area (Å²) in [6, 6.07) is -0.0387. The fourth-order valence-corrected chi connectivity index (χ4v) is 2.69. The zero-order valence-electron chi connectivity index (χ0n) is 10.2. The molecule has 0 bridgehead atoms. The molecule has 1 fully saturated rings. The van der Waals surface area contributed by atoms with Crippen molar-refractivity contribution < 1.29 is 9.53 Å². The number of hydrogen-bond acceptors (Lipinski definition) is 4.